The van der Waals surface area contributed by atoms with Gasteiger partial charge in [-0.05, 0) is 30.3 Å². The molecule has 1 aliphatic rings. The van der Waals surface area contributed by atoms with Gasteiger partial charge in [0.2, 0.25) is 5.89 Å². The predicted molar refractivity (Wildman–Crippen MR) is 92.2 cm³/mol. The molecular weight excluding hydrogens is 352 g/mol. The van der Waals surface area contributed by atoms with Crippen molar-refractivity contribution < 1.29 is 23.5 Å². The van der Waals surface area contributed by atoms with E-state index in [9.17, 15) is 19.2 Å². The summed E-state index contributed by atoms with van der Waals surface area (Å²) in [6, 6.07) is 10.8. The summed E-state index contributed by atoms with van der Waals surface area (Å²) in [6.45, 7) is 0.985. The zero-order valence-electron chi connectivity index (χ0n) is 14.1. The minimum Gasteiger partial charge on any atom is -0.427 e. The van der Waals surface area contributed by atoms with E-state index in [1.54, 1.807) is 24.3 Å². The Morgan fingerprint density at radius 2 is 1.74 bits per heavy atom. The van der Waals surface area contributed by atoms with Crippen molar-refractivity contribution in [1.29, 1.82) is 0 Å². The van der Waals surface area contributed by atoms with E-state index in [4.69, 9.17) is 9.15 Å². The smallest absolute Gasteiger partial charge is 0.347 e. The van der Waals surface area contributed by atoms with Crippen LogP contribution in [0.4, 0.5) is 0 Å². The van der Waals surface area contributed by atoms with Crippen LogP contribution >= 0.6 is 0 Å². The molecule has 8 nitrogen and oxygen atoms in total. The van der Waals surface area contributed by atoms with Gasteiger partial charge in [0.05, 0.1) is 22.0 Å². The van der Waals surface area contributed by atoms with E-state index in [0.717, 1.165) is 4.90 Å². The highest BCUT2D eigenvalue weighted by atomic mass is 16.5. The van der Waals surface area contributed by atoms with Crippen molar-refractivity contribution in [2.75, 3.05) is 0 Å². The van der Waals surface area contributed by atoms with E-state index in [1.165, 1.54) is 25.1 Å². The summed E-state index contributed by atoms with van der Waals surface area (Å²) >= 11 is 0. The Balaban J connectivity index is 1.68. The number of carbonyl (C=O) groups is 3. The minimum absolute atomic E-state index is 0.0674. The Morgan fingerprint density at radius 3 is 2.37 bits per heavy atom. The Hall–Kier alpha value is -3.81. The van der Waals surface area contributed by atoms with E-state index in [2.05, 4.69) is 4.98 Å². The van der Waals surface area contributed by atoms with Crippen LogP contribution in [0.1, 0.15) is 33.5 Å². The lowest BCUT2D eigenvalue weighted by molar-refractivity contribution is -0.131. The van der Waals surface area contributed by atoms with E-state index in [-0.39, 0.29) is 23.6 Å². The van der Waals surface area contributed by atoms with Crippen LogP contribution in [0.3, 0.4) is 0 Å². The van der Waals surface area contributed by atoms with Crippen LogP contribution in [-0.4, -0.2) is 27.7 Å². The second kappa shape index (κ2) is 6.17. The van der Waals surface area contributed by atoms with Crippen molar-refractivity contribution in [3.8, 4) is 5.75 Å². The third-order valence-electron chi connectivity index (χ3n) is 4.08. The molecule has 0 saturated heterocycles. The third kappa shape index (κ3) is 2.86. The molecule has 2 heterocycles. The molecule has 1 aromatic heterocycles. The summed E-state index contributed by atoms with van der Waals surface area (Å²) in [5, 5.41) is 0.125. The molecule has 1 aliphatic heterocycles. The van der Waals surface area contributed by atoms with Gasteiger partial charge in [-0.1, -0.05) is 12.1 Å². The van der Waals surface area contributed by atoms with Gasteiger partial charge in [-0.15, -0.1) is 0 Å². The molecule has 2 amide bonds. The zero-order chi connectivity index (χ0) is 19.1. The number of aromatic nitrogens is 1. The Morgan fingerprint density at radius 1 is 1.07 bits per heavy atom. The first-order valence-electron chi connectivity index (χ1n) is 8.01. The number of hydrogen-bond donors (Lipinski definition) is 0. The summed E-state index contributed by atoms with van der Waals surface area (Å²) in [4.78, 5) is 53.3. The molecule has 0 unspecified atom stereocenters. The van der Waals surface area contributed by atoms with Crippen LogP contribution in [0.2, 0.25) is 0 Å². The Labute approximate surface area is 152 Å². The van der Waals surface area contributed by atoms with E-state index >= 15 is 0 Å². The zero-order valence-corrected chi connectivity index (χ0v) is 14.1. The van der Waals surface area contributed by atoms with Crippen LogP contribution < -0.4 is 10.4 Å². The quantitative estimate of drug-likeness (QED) is 0.397. The maximum atomic E-state index is 12.4. The normalized spacial score (nSPS) is 13.1. The molecule has 0 fully saturated rings. The number of hydrogen-bond acceptors (Lipinski definition) is 7. The lowest BCUT2D eigenvalue weighted by Crippen LogP contribution is -2.30. The molecule has 0 radical (unpaired) electrons. The topological polar surface area (TPSA) is 107 Å². The van der Waals surface area contributed by atoms with Crippen LogP contribution in [0, 0.1) is 0 Å². The molecule has 4 rings (SSSR count). The Bertz CT molecular complexity index is 1150. The highest BCUT2D eigenvalue weighted by Gasteiger charge is 2.35. The third-order valence-corrected chi connectivity index (χ3v) is 4.08. The average molecular weight is 364 g/mol. The van der Waals surface area contributed by atoms with Crippen LogP contribution in [-0.2, 0) is 11.3 Å². The fourth-order valence-electron chi connectivity index (χ4n) is 2.91. The van der Waals surface area contributed by atoms with E-state index < -0.39 is 23.4 Å². The molecule has 8 heteroatoms. The van der Waals surface area contributed by atoms with Gasteiger partial charge in [-0.2, -0.15) is 0 Å². The van der Waals surface area contributed by atoms with Crippen molar-refractivity contribution in [3.05, 3.63) is 69.9 Å². The van der Waals surface area contributed by atoms with Crippen molar-refractivity contribution in [2.24, 2.45) is 0 Å². The van der Waals surface area contributed by atoms with E-state index in [1.807, 2.05) is 0 Å². The summed E-state index contributed by atoms with van der Waals surface area (Å²) in [6.07, 6.45) is 0. The molecular formula is C19H12N2O6. The first-order valence-corrected chi connectivity index (χ1v) is 8.01. The van der Waals surface area contributed by atoms with Gasteiger partial charge in [0.25, 0.3) is 11.8 Å². The van der Waals surface area contributed by atoms with Crippen LogP contribution in [0.25, 0.3) is 10.9 Å². The number of rotatable bonds is 3. The van der Waals surface area contributed by atoms with Gasteiger partial charge in [-0.3, -0.25) is 19.3 Å². The fourth-order valence-corrected chi connectivity index (χ4v) is 2.91. The summed E-state index contributed by atoms with van der Waals surface area (Å²) < 4.78 is 10.1. The molecule has 0 N–H and O–H groups in total. The molecule has 27 heavy (non-hydrogen) atoms. The first kappa shape index (κ1) is 16.6. The lowest BCUT2D eigenvalue weighted by Gasteiger charge is -2.12. The molecule has 0 bridgehead atoms. The van der Waals surface area contributed by atoms with E-state index in [0.29, 0.717) is 16.6 Å². The monoisotopic (exact) mass is 364 g/mol. The summed E-state index contributed by atoms with van der Waals surface area (Å²) in [5.41, 5.74) is 0.197. The highest BCUT2D eigenvalue weighted by Crippen LogP contribution is 2.24. The van der Waals surface area contributed by atoms with Crippen molar-refractivity contribution in [1.82, 2.24) is 9.88 Å². The minimum atomic E-state index is -0.708. The SMILES string of the molecule is CC(=O)Oc1ccc2nc(CN3C(=O)c4ccccc4C3=O)oc(=O)c2c1. The molecule has 0 spiro atoms. The lowest BCUT2D eigenvalue weighted by atomic mass is 10.1. The van der Waals surface area contributed by atoms with Gasteiger partial charge < -0.3 is 9.15 Å². The molecule has 2 aromatic carbocycles. The molecule has 134 valence electrons. The van der Waals surface area contributed by atoms with Crippen LogP contribution in [0.15, 0.2) is 51.7 Å². The maximum Gasteiger partial charge on any atom is 0.347 e. The number of ether oxygens (including phenoxy) is 1. The summed E-state index contributed by atoms with van der Waals surface area (Å²) in [5.74, 6) is -1.33. The highest BCUT2D eigenvalue weighted by molar-refractivity contribution is 6.21. The van der Waals surface area contributed by atoms with Crippen molar-refractivity contribution in [3.63, 3.8) is 0 Å². The van der Waals surface area contributed by atoms with Gasteiger partial charge in [0.1, 0.15) is 12.3 Å². The second-order valence-electron chi connectivity index (χ2n) is 5.91. The molecule has 0 atom stereocenters. The van der Waals surface area contributed by atoms with Crippen molar-refractivity contribution in [2.45, 2.75) is 13.5 Å². The average Bonchev–Trinajstić information content (AvgIpc) is 2.87. The Kier molecular flexibility index (Phi) is 3.80. The number of imide groups is 1. The van der Waals surface area contributed by atoms with Gasteiger partial charge in [0.15, 0.2) is 0 Å². The number of esters is 1. The summed E-state index contributed by atoms with van der Waals surface area (Å²) in [7, 11) is 0. The van der Waals surface area contributed by atoms with Gasteiger partial charge in [-0.25, -0.2) is 9.78 Å². The molecule has 3 aromatic rings. The number of benzene rings is 2. The fraction of sp³-hybridized carbons (Fsp3) is 0.105. The van der Waals surface area contributed by atoms with Crippen molar-refractivity contribution >= 4 is 28.7 Å². The number of nitrogens with zero attached hydrogens (tertiary/aromatic N) is 2. The predicted octanol–water partition coefficient (Wildman–Crippen LogP) is 1.91. The standard InChI is InChI=1S/C19H12N2O6/c1-10(22)26-11-6-7-15-14(8-11)19(25)27-16(20-15)9-21-17(23)12-4-2-3-5-13(12)18(21)24/h2-8H,9H2,1H3. The first-order chi connectivity index (χ1) is 12.9. The second-order valence-corrected chi connectivity index (χ2v) is 5.91. The number of amides is 2. The van der Waals surface area contributed by atoms with Gasteiger partial charge >= 0.3 is 11.6 Å². The van der Waals surface area contributed by atoms with Gasteiger partial charge in [0, 0.05) is 6.92 Å². The number of carbonyl (C=O) groups excluding carboxylic acids is 3. The molecule has 0 aliphatic carbocycles. The maximum absolute atomic E-state index is 12.4. The van der Waals surface area contributed by atoms with Crippen LogP contribution in [0.5, 0.6) is 5.75 Å². The largest absolute Gasteiger partial charge is 0.427 e. The molecule has 0 saturated carbocycles. The number of fused-ring (bicyclic) bond motifs is 2.